The first-order valence-corrected chi connectivity index (χ1v) is 10.7. The lowest BCUT2D eigenvalue weighted by Gasteiger charge is -2.38. The SMILES string of the molecule is Cc1ccc(CN2CCNC(=O)C2CC(=O)N2CCN(CC3CC3)CC2)cc1. The van der Waals surface area contributed by atoms with E-state index in [1.165, 1.54) is 30.5 Å². The Morgan fingerprint density at radius 2 is 1.79 bits per heavy atom. The second-order valence-corrected chi connectivity index (χ2v) is 8.59. The highest BCUT2D eigenvalue weighted by Gasteiger charge is 2.34. The fourth-order valence-corrected chi connectivity index (χ4v) is 4.24. The Bertz CT molecular complexity index is 693. The maximum absolute atomic E-state index is 12.9. The van der Waals surface area contributed by atoms with E-state index >= 15 is 0 Å². The predicted molar refractivity (Wildman–Crippen MR) is 109 cm³/mol. The van der Waals surface area contributed by atoms with E-state index in [0.717, 1.165) is 38.6 Å². The van der Waals surface area contributed by atoms with E-state index in [0.29, 0.717) is 13.1 Å². The molecule has 0 aromatic heterocycles. The van der Waals surface area contributed by atoms with Crippen molar-refractivity contribution in [1.29, 1.82) is 0 Å². The van der Waals surface area contributed by atoms with Crippen LogP contribution < -0.4 is 5.32 Å². The first-order valence-electron chi connectivity index (χ1n) is 10.7. The van der Waals surface area contributed by atoms with Gasteiger partial charge >= 0.3 is 0 Å². The first-order chi connectivity index (χ1) is 13.6. The van der Waals surface area contributed by atoms with Crippen molar-refractivity contribution in [2.45, 2.75) is 38.8 Å². The molecule has 1 N–H and O–H groups in total. The lowest BCUT2D eigenvalue weighted by Crippen LogP contribution is -2.57. The number of rotatable bonds is 6. The van der Waals surface area contributed by atoms with Crippen molar-refractivity contribution in [3.63, 3.8) is 0 Å². The van der Waals surface area contributed by atoms with Gasteiger partial charge in [-0.1, -0.05) is 29.8 Å². The summed E-state index contributed by atoms with van der Waals surface area (Å²) in [6.07, 6.45) is 3.01. The molecule has 6 nitrogen and oxygen atoms in total. The van der Waals surface area contributed by atoms with E-state index in [1.807, 2.05) is 4.90 Å². The van der Waals surface area contributed by atoms with E-state index in [9.17, 15) is 9.59 Å². The summed E-state index contributed by atoms with van der Waals surface area (Å²) in [6, 6.07) is 8.05. The summed E-state index contributed by atoms with van der Waals surface area (Å²) < 4.78 is 0. The molecule has 2 aliphatic heterocycles. The molecule has 1 aliphatic carbocycles. The zero-order valence-electron chi connectivity index (χ0n) is 16.9. The van der Waals surface area contributed by atoms with Gasteiger partial charge in [-0.25, -0.2) is 0 Å². The molecule has 4 rings (SSSR count). The van der Waals surface area contributed by atoms with Crippen LogP contribution in [0.25, 0.3) is 0 Å². The van der Waals surface area contributed by atoms with Gasteiger partial charge in [0.15, 0.2) is 0 Å². The van der Waals surface area contributed by atoms with Crippen LogP contribution in [0.2, 0.25) is 0 Å². The van der Waals surface area contributed by atoms with Crippen LogP contribution in [0.4, 0.5) is 0 Å². The quantitative estimate of drug-likeness (QED) is 0.802. The van der Waals surface area contributed by atoms with E-state index in [1.54, 1.807) is 0 Å². The van der Waals surface area contributed by atoms with Crippen LogP contribution in [0.3, 0.4) is 0 Å². The third-order valence-electron chi connectivity index (χ3n) is 6.25. The number of nitrogens with one attached hydrogen (secondary N) is 1. The normalized spacial score (nSPS) is 24.2. The minimum atomic E-state index is -0.368. The molecule has 1 atom stereocenters. The molecule has 2 heterocycles. The maximum atomic E-state index is 12.9. The summed E-state index contributed by atoms with van der Waals surface area (Å²) in [7, 11) is 0. The van der Waals surface area contributed by atoms with E-state index in [2.05, 4.69) is 46.3 Å². The monoisotopic (exact) mass is 384 g/mol. The molecule has 1 aromatic rings. The number of hydrogen-bond acceptors (Lipinski definition) is 4. The number of aryl methyl sites for hydroxylation is 1. The molecular formula is C22H32N4O2. The van der Waals surface area contributed by atoms with Crippen LogP contribution in [-0.2, 0) is 16.1 Å². The Kier molecular flexibility index (Phi) is 5.97. The van der Waals surface area contributed by atoms with E-state index < -0.39 is 0 Å². The minimum Gasteiger partial charge on any atom is -0.353 e. The van der Waals surface area contributed by atoms with Gasteiger partial charge in [0.1, 0.15) is 0 Å². The van der Waals surface area contributed by atoms with E-state index in [-0.39, 0.29) is 24.3 Å². The van der Waals surface area contributed by atoms with Crippen LogP contribution in [0, 0.1) is 12.8 Å². The Labute approximate surface area is 167 Å². The Hall–Kier alpha value is -1.92. The van der Waals surface area contributed by atoms with E-state index in [4.69, 9.17) is 0 Å². The third-order valence-corrected chi connectivity index (χ3v) is 6.25. The van der Waals surface area contributed by atoms with Gasteiger partial charge in [-0.3, -0.25) is 19.4 Å². The van der Waals surface area contributed by atoms with Gasteiger partial charge in [0.2, 0.25) is 11.8 Å². The van der Waals surface area contributed by atoms with Gasteiger partial charge < -0.3 is 10.2 Å². The number of benzene rings is 1. The third kappa shape index (κ3) is 4.92. The molecular weight excluding hydrogens is 352 g/mol. The lowest BCUT2D eigenvalue weighted by atomic mass is 10.1. The van der Waals surface area contributed by atoms with Crippen LogP contribution >= 0.6 is 0 Å². The van der Waals surface area contributed by atoms with Gasteiger partial charge in [-0.2, -0.15) is 0 Å². The smallest absolute Gasteiger partial charge is 0.237 e. The lowest BCUT2D eigenvalue weighted by molar-refractivity contribution is -0.140. The molecule has 0 radical (unpaired) electrons. The van der Waals surface area contributed by atoms with Crippen molar-refractivity contribution in [3.05, 3.63) is 35.4 Å². The highest BCUT2D eigenvalue weighted by Crippen LogP contribution is 2.30. The molecule has 3 fully saturated rings. The predicted octanol–water partition coefficient (Wildman–Crippen LogP) is 1.24. The molecule has 3 aliphatic rings. The number of hydrogen-bond donors (Lipinski definition) is 1. The zero-order chi connectivity index (χ0) is 19.5. The maximum Gasteiger partial charge on any atom is 0.237 e. The van der Waals surface area contributed by atoms with Crippen LogP contribution in [-0.4, -0.2) is 78.4 Å². The molecule has 1 unspecified atom stereocenters. The second kappa shape index (κ2) is 8.62. The molecule has 0 spiro atoms. The Morgan fingerprint density at radius 3 is 2.46 bits per heavy atom. The van der Waals surface area contributed by atoms with Gasteiger partial charge in [-0.05, 0) is 31.2 Å². The van der Waals surface area contributed by atoms with Crippen LogP contribution in [0.5, 0.6) is 0 Å². The summed E-state index contributed by atoms with van der Waals surface area (Å²) in [5, 5.41) is 2.94. The standard InChI is InChI=1S/C22H32N4O2/c1-17-2-4-19(5-3-17)16-26-9-8-23-22(28)20(26)14-21(27)25-12-10-24(11-13-25)15-18-6-7-18/h2-5,18,20H,6-16H2,1H3,(H,23,28). The average molecular weight is 385 g/mol. The van der Waals surface area contributed by atoms with Crippen molar-refractivity contribution in [1.82, 2.24) is 20.0 Å². The first kappa shape index (κ1) is 19.4. The topological polar surface area (TPSA) is 55.9 Å². The highest BCUT2D eigenvalue weighted by molar-refractivity contribution is 5.88. The fraction of sp³-hybridized carbons (Fsp3) is 0.636. The summed E-state index contributed by atoms with van der Waals surface area (Å²) in [4.78, 5) is 32.0. The van der Waals surface area contributed by atoms with Crippen molar-refractivity contribution in [2.75, 3.05) is 45.8 Å². The number of nitrogens with zero attached hydrogens (tertiary/aromatic N) is 3. The molecule has 28 heavy (non-hydrogen) atoms. The molecule has 2 saturated heterocycles. The second-order valence-electron chi connectivity index (χ2n) is 8.59. The molecule has 2 amide bonds. The van der Waals surface area contributed by atoms with Crippen LogP contribution in [0.1, 0.15) is 30.4 Å². The average Bonchev–Trinajstić information content (AvgIpc) is 3.51. The number of piperazine rings is 2. The summed E-state index contributed by atoms with van der Waals surface area (Å²) >= 11 is 0. The molecule has 0 bridgehead atoms. The van der Waals surface area contributed by atoms with Crippen molar-refractivity contribution in [3.8, 4) is 0 Å². The number of carbonyl (C=O) groups is 2. The minimum absolute atomic E-state index is 0.0147. The summed E-state index contributed by atoms with van der Waals surface area (Å²) in [5.41, 5.74) is 2.42. The van der Waals surface area contributed by atoms with Gasteiger partial charge in [0.25, 0.3) is 0 Å². The van der Waals surface area contributed by atoms with Crippen molar-refractivity contribution >= 4 is 11.8 Å². The largest absolute Gasteiger partial charge is 0.353 e. The fourth-order valence-electron chi connectivity index (χ4n) is 4.24. The zero-order valence-corrected chi connectivity index (χ0v) is 16.9. The Morgan fingerprint density at radius 1 is 1.07 bits per heavy atom. The van der Waals surface area contributed by atoms with Gasteiger partial charge in [0.05, 0.1) is 12.5 Å². The van der Waals surface area contributed by atoms with Crippen LogP contribution in [0.15, 0.2) is 24.3 Å². The van der Waals surface area contributed by atoms with Crippen molar-refractivity contribution < 1.29 is 9.59 Å². The Balaban J connectivity index is 1.33. The molecule has 1 saturated carbocycles. The summed E-state index contributed by atoms with van der Waals surface area (Å²) in [5.74, 6) is 0.990. The van der Waals surface area contributed by atoms with Crippen molar-refractivity contribution in [2.24, 2.45) is 5.92 Å². The molecule has 152 valence electrons. The summed E-state index contributed by atoms with van der Waals surface area (Å²) in [6.45, 7) is 8.91. The van der Waals surface area contributed by atoms with Gasteiger partial charge in [-0.15, -0.1) is 0 Å². The van der Waals surface area contributed by atoms with Gasteiger partial charge in [0, 0.05) is 52.4 Å². The molecule has 6 heteroatoms. The number of amides is 2. The molecule has 1 aromatic carbocycles. The number of carbonyl (C=O) groups excluding carboxylic acids is 2. The highest BCUT2D eigenvalue weighted by atomic mass is 16.2.